The molecule has 0 atom stereocenters. The molecule has 3 heterocycles. The van der Waals surface area contributed by atoms with Gasteiger partial charge in [0.2, 0.25) is 5.91 Å². The van der Waals surface area contributed by atoms with Gasteiger partial charge in [0, 0.05) is 41.7 Å². The van der Waals surface area contributed by atoms with E-state index < -0.39 is 0 Å². The summed E-state index contributed by atoms with van der Waals surface area (Å²) in [5, 5.41) is 17.6. The summed E-state index contributed by atoms with van der Waals surface area (Å²) in [7, 11) is 0. The van der Waals surface area contributed by atoms with Crippen LogP contribution in [0.15, 0.2) is 46.5 Å². The van der Waals surface area contributed by atoms with Gasteiger partial charge < -0.3 is 20.9 Å². The second kappa shape index (κ2) is 11.1. The number of amides is 1. The highest BCUT2D eigenvalue weighted by Crippen LogP contribution is 2.31. The number of likely N-dealkylation sites (tertiary alicyclic amines) is 1. The van der Waals surface area contributed by atoms with Crippen molar-refractivity contribution in [3.8, 4) is 0 Å². The zero-order valence-corrected chi connectivity index (χ0v) is 20.8. The Hall–Kier alpha value is -3.11. The summed E-state index contributed by atoms with van der Waals surface area (Å²) in [4.78, 5) is 25.0. The smallest absolute Gasteiger partial charge is 0.227 e. The number of aryl methyl sites for hydroxylation is 1. The normalized spacial score (nSPS) is 16.1. The van der Waals surface area contributed by atoms with Crippen LogP contribution in [0.25, 0.3) is 0 Å². The average Bonchev–Trinajstić information content (AvgIpc) is 3.63. The number of hydrogen-bond donors (Lipinski definition) is 4. The number of H-pyrrole nitrogens is 1. The molecule has 0 bridgehead atoms. The third-order valence-electron chi connectivity index (χ3n) is 6.14. The van der Waals surface area contributed by atoms with Gasteiger partial charge in [0.1, 0.15) is 17.5 Å². The van der Waals surface area contributed by atoms with Crippen LogP contribution < -0.4 is 16.0 Å². The highest BCUT2D eigenvalue weighted by atomic mass is 32.2. The zero-order chi connectivity index (χ0) is 24.0. The highest BCUT2D eigenvalue weighted by Gasteiger charge is 2.29. The summed E-state index contributed by atoms with van der Waals surface area (Å²) in [6, 6.07) is 11.7. The fraction of sp³-hybridized carbons (Fsp3) is 0.440. The van der Waals surface area contributed by atoms with E-state index in [-0.39, 0.29) is 11.8 Å². The van der Waals surface area contributed by atoms with Crippen LogP contribution in [0.4, 0.5) is 23.1 Å². The van der Waals surface area contributed by atoms with Crippen LogP contribution in [0.3, 0.4) is 0 Å². The number of benzene rings is 1. The lowest BCUT2D eigenvalue weighted by Crippen LogP contribution is -2.33. The lowest BCUT2D eigenvalue weighted by atomic mass is 10.1. The van der Waals surface area contributed by atoms with Crippen LogP contribution in [0, 0.1) is 12.8 Å². The van der Waals surface area contributed by atoms with Crippen LogP contribution in [-0.4, -0.2) is 57.2 Å². The van der Waals surface area contributed by atoms with E-state index in [1.165, 1.54) is 44.1 Å². The van der Waals surface area contributed by atoms with Crippen molar-refractivity contribution >= 4 is 40.8 Å². The van der Waals surface area contributed by atoms with Gasteiger partial charge in [-0.05, 0) is 81.7 Å². The van der Waals surface area contributed by atoms with Gasteiger partial charge in [0.15, 0.2) is 5.16 Å². The van der Waals surface area contributed by atoms with Crippen LogP contribution in [0.5, 0.6) is 0 Å². The largest absolute Gasteiger partial charge is 0.369 e. The molecule has 4 N–H and O–H groups in total. The quantitative estimate of drug-likeness (QED) is 0.303. The standard InChI is InChI=1S/C25H32N8OS/c1-17-15-23(32-31-17)28-22-16-21(26-11-14-33-12-3-2-4-13-33)29-25(30-22)35-20-9-7-19(8-10-20)27-24(34)18-5-6-18/h7-10,15-16,18H,2-6,11-14H2,1H3,(H,27,34)(H3,26,28,29,30,31,32). The van der Waals surface area contributed by atoms with Crippen molar-refractivity contribution in [1.82, 2.24) is 25.1 Å². The van der Waals surface area contributed by atoms with Crippen molar-refractivity contribution in [2.24, 2.45) is 5.92 Å². The maximum atomic E-state index is 12.0. The van der Waals surface area contributed by atoms with E-state index in [0.717, 1.165) is 53.8 Å². The molecular weight excluding hydrogens is 460 g/mol. The van der Waals surface area contributed by atoms with Gasteiger partial charge in [-0.2, -0.15) is 5.10 Å². The molecule has 1 aliphatic carbocycles. The Labute approximate surface area is 209 Å². The molecule has 35 heavy (non-hydrogen) atoms. The summed E-state index contributed by atoms with van der Waals surface area (Å²) in [5.74, 6) is 2.56. The molecule has 1 aromatic carbocycles. The van der Waals surface area contributed by atoms with Gasteiger partial charge in [0.05, 0.1) is 5.69 Å². The molecule has 1 aliphatic heterocycles. The average molecular weight is 493 g/mol. The number of hydrogen-bond acceptors (Lipinski definition) is 8. The predicted molar refractivity (Wildman–Crippen MR) is 139 cm³/mol. The number of piperidine rings is 1. The van der Waals surface area contributed by atoms with Crippen molar-refractivity contribution in [3.63, 3.8) is 0 Å². The first-order valence-electron chi connectivity index (χ1n) is 12.3. The number of anilines is 4. The first-order chi connectivity index (χ1) is 17.1. The third-order valence-corrected chi connectivity index (χ3v) is 7.01. The summed E-state index contributed by atoms with van der Waals surface area (Å²) < 4.78 is 0. The number of carbonyl (C=O) groups excluding carboxylic acids is 1. The molecule has 5 rings (SSSR count). The van der Waals surface area contributed by atoms with Crippen LogP contribution in [0.1, 0.15) is 37.8 Å². The van der Waals surface area contributed by atoms with Crippen LogP contribution >= 0.6 is 11.8 Å². The van der Waals surface area contributed by atoms with E-state index in [2.05, 4.69) is 31.0 Å². The molecule has 2 aromatic heterocycles. The summed E-state index contributed by atoms with van der Waals surface area (Å²) in [6.07, 6.45) is 5.90. The lowest BCUT2D eigenvalue weighted by Gasteiger charge is -2.26. The molecule has 2 aliphatic rings. The topological polar surface area (TPSA) is 111 Å². The molecule has 1 saturated heterocycles. The molecule has 2 fully saturated rings. The molecule has 10 heteroatoms. The van der Waals surface area contributed by atoms with Crippen LogP contribution in [0.2, 0.25) is 0 Å². The minimum Gasteiger partial charge on any atom is -0.369 e. The van der Waals surface area contributed by atoms with E-state index in [0.29, 0.717) is 11.0 Å². The van der Waals surface area contributed by atoms with Crippen molar-refractivity contribution in [2.45, 2.75) is 49.1 Å². The van der Waals surface area contributed by atoms with Gasteiger partial charge in [-0.3, -0.25) is 9.89 Å². The second-order valence-electron chi connectivity index (χ2n) is 9.19. The molecule has 9 nitrogen and oxygen atoms in total. The Kier molecular flexibility index (Phi) is 7.48. The van der Waals surface area contributed by atoms with E-state index >= 15 is 0 Å². The molecule has 3 aromatic rings. The molecule has 184 valence electrons. The van der Waals surface area contributed by atoms with Crippen LogP contribution in [-0.2, 0) is 4.79 Å². The SMILES string of the molecule is Cc1cc(Nc2cc(NCCN3CCCCC3)nc(Sc3ccc(NC(=O)C4CC4)cc3)n2)[nH]n1. The van der Waals surface area contributed by atoms with E-state index in [9.17, 15) is 4.79 Å². The molecular formula is C25H32N8OS. The summed E-state index contributed by atoms with van der Waals surface area (Å²) >= 11 is 1.49. The van der Waals surface area contributed by atoms with E-state index in [1.807, 2.05) is 43.3 Å². The Morgan fingerprint density at radius 2 is 1.86 bits per heavy atom. The second-order valence-corrected chi connectivity index (χ2v) is 10.2. The first-order valence-corrected chi connectivity index (χ1v) is 13.2. The Balaban J connectivity index is 1.26. The Morgan fingerprint density at radius 1 is 1.09 bits per heavy atom. The maximum Gasteiger partial charge on any atom is 0.227 e. The molecule has 0 spiro atoms. The molecule has 1 saturated carbocycles. The van der Waals surface area contributed by atoms with Gasteiger partial charge >= 0.3 is 0 Å². The number of carbonyl (C=O) groups is 1. The minimum absolute atomic E-state index is 0.113. The molecule has 1 amide bonds. The lowest BCUT2D eigenvalue weighted by molar-refractivity contribution is -0.117. The predicted octanol–water partition coefficient (Wildman–Crippen LogP) is 4.65. The number of aromatic amines is 1. The van der Waals surface area contributed by atoms with E-state index in [4.69, 9.17) is 9.97 Å². The minimum atomic E-state index is 0.113. The zero-order valence-electron chi connectivity index (χ0n) is 20.0. The summed E-state index contributed by atoms with van der Waals surface area (Å²) in [5.41, 5.74) is 1.72. The molecule has 0 radical (unpaired) electrons. The number of rotatable bonds is 10. The van der Waals surface area contributed by atoms with Gasteiger partial charge in [0.25, 0.3) is 0 Å². The maximum absolute atomic E-state index is 12.0. The molecule has 0 unspecified atom stereocenters. The summed E-state index contributed by atoms with van der Waals surface area (Å²) in [6.45, 7) is 6.13. The van der Waals surface area contributed by atoms with E-state index in [1.54, 1.807) is 0 Å². The van der Waals surface area contributed by atoms with Crippen molar-refractivity contribution in [2.75, 3.05) is 42.1 Å². The number of aromatic nitrogens is 4. The highest BCUT2D eigenvalue weighted by molar-refractivity contribution is 7.99. The number of nitrogens with zero attached hydrogens (tertiary/aromatic N) is 4. The fourth-order valence-corrected chi connectivity index (χ4v) is 4.85. The Bertz CT molecular complexity index is 1140. The van der Waals surface area contributed by atoms with Gasteiger partial charge in [-0.15, -0.1) is 0 Å². The van der Waals surface area contributed by atoms with Crippen molar-refractivity contribution in [1.29, 1.82) is 0 Å². The van der Waals surface area contributed by atoms with Gasteiger partial charge in [-0.25, -0.2) is 9.97 Å². The monoisotopic (exact) mass is 492 g/mol. The first kappa shape index (κ1) is 23.6. The number of nitrogens with one attached hydrogen (secondary N) is 4. The van der Waals surface area contributed by atoms with Gasteiger partial charge in [-0.1, -0.05) is 6.42 Å². The Morgan fingerprint density at radius 3 is 2.57 bits per heavy atom. The van der Waals surface area contributed by atoms with Crippen molar-refractivity contribution in [3.05, 3.63) is 42.1 Å². The fourth-order valence-electron chi connectivity index (χ4n) is 4.08. The van der Waals surface area contributed by atoms with Crippen molar-refractivity contribution < 1.29 is 4.79 Å². The third kappa shape index (κ3) is 6.95.